The molecule has 1 unspecified atom stereocenters. The van der Waals surface area contributed by atoms with E-state index in [0.29, 0.717) is 16.6 Å². The number of likely N-dealkylation sites (tertiary alicyclic amines) is 1. The average Bonchev–Trinajstić information content (AvgIpc) is 2.52. The monoisotopic (exact) mass is 308 g/mol. The first-order valence-corrected chi connectivity index (χ1v) is 7.83. The Bertz CT molecular complexity index is 502. The Kier molecular flexibility index (Phi) is 5.62. The molecule has 2 rings (SSSR count). The highest BCUT2D eigenvalue weighted by Crippen LogP contribution is 2.19. The zero-order valence-electron chi connectivity index (χ0n) is 12.3. The van der Waals surface area contributed by atoms with Crippen LogP contribution in [0.5, 0.6) is 0 Å². The Morgan fingerprint density at radius 1 is 1.29 bits per heavy atom. The number of carbonyl (C=O) groups excluding carboxylic acids is 2. The van der Waals surface area contributed by atoms with Gasteiger partial charge in [-0.3, -0.25) is 9.59 Å². The third-order valence-electron chi connectivity index (χ3n) is 3.93. The van der Waals surface area contributed by atoms with Crippen LogP contribution in [0.2, 0.25) is 5.02 Å². The molecule has 1 aliphatic heterocycles. The standard InChI is InChI=1S/C16H21ClN2O2/c1-2-14-5-3-4-10-19(14)15(20)11-18-16(21)12-6-8-13(17)9-7-12/h6-9,14H,2-5,10-11H2,1H3,(H,18,21). The van der Waals surface area contributed by atoms with Gasteiger partial charge in [0.15, 0.2) is 0 Å². The first-order valence-electron chi connectivity index (χ1n) is 7.45. The summed E-state index contributed by atoms with van der Waals surface area (Å²) in [6.07, 6.45) is 4.26. The zero-order valence-corrected chi connectivity index (χ0v) is 13.0. The average molecular weight is 309 g/mol. The van der Waals surface area contributed by atoms with Crippen LogP contribution in [0.25, 0.3) is 0 Å². The van der Waals surface area contributed by atoms with Gasteiger partial charge in [-0.05, 0) is 49.9 Å². The number of amides is 2. The molecule has 0 radical (unpaired) electrons. The van der Waals surface area contributed by atoms with Gasteiger partial charge in [-0.25, -0.2) is 0 Å². The summed E-state index contributed by atoms with van der Waals surface area (Å²) in [6.45, 7) is 2.95. The molecule has 1 atom stereocenters. The Labute approximate surface area is 130 Å². The number of rotatable bonds is 4. The van der Waals surface area contributed by atoms with E-state index in [1.54, 1.807) is 24.3 Å². The topological polar surface area (TPSA) is 49.4 Å². The van der Waals surface area contributed by atoms with Crippen LogP contribution in [0.3, 0.4) is 0 Å². The fourth-order valence-corrected chi connectivity index (χ4v) is 2.84. The molecule has 0 saturated carbocycles. The van der Waals surface area contributed by atoms with E-state index in [2.05, 4.69) is 12.2 Å². The van der Waals surface area contributed by atoms with Gasteiger partial charge < -0.3 is 10.2 Å². The number of hydrogen-bond donors (Lipinski definition) is 1. The van der Waals surface area contributed by atoms with Gasteiger partial charge in [-0.15, -0.1) is 0 Å². The lowest BCUT2D eigenvalue weighted by Gasteiger charge is -2.35. The molecule has 5 heteroatoms. The van der Waals surface area contributed by atoms with Gasteiger partial charge in [0.2, 0.25) is 5.91 Å². The molecule has 1 fully saturated rings. The molecule has 1 aliphatic rings. The molecular formula is C16H21ClN2O2. The molecule has 1 aromatic carbocycles. The largest absolute Gasteiger partial charge is 0.343 e. The maximum Gasteiger partial charge on any atom is 0.251 e. The second-order valence-corrected chi connectivity index (χ2v) is 5.77. The summed E-state index contributed by atoms with van der Waals surface area (Å²) in [7, 11) is 0. The molecule has 0 aliphatic carbocycles. The van der Waals surface area contributed by atoms with Crippen molar-refractivity contribution in [2.75, 3.05) is 13.1 Å². The summed E-state index contributed by atoms with van der Waals surface area (Å²) < 4.78 is 0. The number of piperidine rings is 1. The van der Waals surface area contributed by atoms with Crippen LogP contribution in [0, 0.1) is 0 Å². The van der Waals surface area contributed by atoms with E-state index in [1.165, 1.54) is 6.42 Å². The molecule has 21 heavy (non-hydrogen) atoms. The van der Waals surface area contributed by atoms with Gasteiger partial charge in [0, 0.05) is 23.2 Å². The minimum Gasteiger partial charge on any atom is -0.343 e. The van der Waals surface area contributed by atoms with Crippen molar-refractivity contribution in [3.8, 4) is 0 Å². The van der Waals surface area contributed by atoms with E-state index in [1.807, 2.05) is 4.90 Å². The van der Waals surface area contributed by atoms with Crippen LogP contribution in [0.1, 0.15) is 43.0 Å². The van der Waals surface area contributed by atoms with Crippen LogP contribution < -0.4 is 5.32 Å². The van der Waals surface area contributed by atoms with Crippen molar-refractivity contribution in [2.45, 2.75) is 38.6 Å². The first-order chi connectivity index (χ1) is 10.1. The Morgan fingerprint density at radius 2 is 2.00 bits per heavy atom. The van der Waals surface area contributed by atoms with Crippen molar-refractivity contribution in [1.82, 2.24) is 10.2 Å². The summed E-state index contributed by atoms with van der Waals surface area (Å²) in [5.74, 6) is -0.242. The number of nitrogens with zero attached hydrogens (tertiary/aromatic N) is 1. The normalized spacial score (nSPS) is 18.4. The summed E-state index contributed by atoms with van der Waals surface area (Å²) in [4.78, 5) is 26.1. The highest BCUT2D eigenvalue weighted by Gasteiger charge is 2.25. The highest BCUT2D eigenvalue weighted by atomic mass is 35.5. The summed E-state index contributed by atoms with van der Waals surface area (Å²) >= 11 is 5.78. The molecule has 1 aromatic rings. The Hall–Kier alpha value is -1.55. The molecule has 0 aromatic heterocycles. The van der Waals surface area contributed by atoms with Crippen molar-refractivity contribution in [1.29, 1.82) is 0 Å². The van der Waals surface area contributed by atoms with Crippen LogP contribution in [-0.2, 0) is 4.79 Å². The van der Waals surface area contributed by atoms with Crippen molar-refractivity contribution >= 4 is 23.4 Å². The van der Waals surface area contributed by atoms with Gasteiger partial charge in [0.05, 0.1) is 6.54 Å². The molecule has 2 amide bonds. The van der Waals surface area contributed by atoms with Crippen molar-refractivity contribution < 1.29 is 9.59 Å². The molecule has 1 heterocycles. The van der Waals surface area contributed by atoms with Crippen LogP contribution in [0.15, 0.2) is 24.3 Å². The minimum absolute atomic E-state index is 0.00358. The second kappa shape index (κ2) is 7.46. The second-order valence-electron chi connectivity index (χ2n) is 5.33. The number of carbonyl (C=O) groups is 2. The van der Waals surface area contributed by atoms with E-state index in [0.717, 1.165) is 25.8 Å². The first kappa shape index (κ1) is 15.8. The predicted molar refractivity (Wildman–Crippen MR) is 83.4 cm³/mol. The predicted octanol–water partition coefficient (Wildman–Crippen LogP) is 2.86. The molecule has 1 N–H and O–H groups in total. The summed E-state index contributed by atoms with van der Waals surface area (Å²) in [5.41, 5.74) is 0.512. The van der Waals surface area contributed by atoms with E-state index in [9.17, 15) is 9.59 Å². The molecule has 114 valence electrons. The maximum absolute atomic E-state index is 12.2. The smallest absolute Gasteiger partial charge is 0.251 e. The third kappa shape index (κ3) is 4.21. The fraction of sp³-hybridized carbons (Fsp3) is 0.500. The summed E-state index contributed by atoms with van der Waals surface area (Å²) in [6, 6.07) is 6.95. The van der Waals surface area contributed by atoms with E-state index >= 15 is 0 Å². The minimum atomic E-state index is -0.245. The number of nitrogens with one attached hydrogen (secondary N) is 1. The molecular weight excluding hydrogens is 288 g/mol. The van der Waals surface area contributed by atoms with Crippen molar-refractivity contribution in [3.05, 3.63) is 34.9 Å². The fourth-order valence-electron chi connectivity index (χ4n) is 2.71. The van der Waals surface area contributed by atoms with Crippen LogP contribution in [-0.4, -0.2) is 35.8 Å². The number of benzene rings is 1. The van der Waals surface area contributed by atoms with Crippen molar-refractivity contribution in [2.24, 2.45) is 0 Å². The molecule has 0 bridgehead atoms. The lowest BCUT2D eigenvalue weighted by atomic mass is 10.00. The van der Waals surface area contributed by atoms with E-state index < -0.39 is 0 Å². The van der Waals surface area contributed by atoms with Gasteiger partial charge in [-0.1, -0.05) is 18.5 Å². The van der Waals surface area contributed by atoms with Gasteiger partial charge in [-0.2, -0.15) is 0 Å². The van der Waals surface area contributed by atoms with Crippen LogP contribution in [0.4, 0.5) is 0 Å². The molecule has 0 spiro atoms. The third-order valence-corrected chi connectivity index (χ3v) is 4.18. The van der Waals surface area contributed by atoms with Crippen LogP contribution >= 0.6 is 11.6 Å². The lowest BCUT2D eigenvalue weighted by Crippen LogP contribution is -2.47. The van der Waals surface area contributed by atoms with Gasteiger partial charge in [0.25, 0.3) is 5.91 Å². The summed E-state index contributed by atoms with van der Waals surface area (Å²) in [5, 5.41) is 3.27. The van der Waals surface area contributed by atoms with E-state index in [4.69, 9.17) is 11.6 Å². The van der Waals surface area contributed by atoms with Gasteiger partial charge >= 0.3 is 0 Å². The lowest BCUT2D eigenvalue weighted by molar-refractivity contribution is -0.133. The number of hydrogen-bond acceptors (Lipinski definition) is 2. The quantitative estimate of drug-likeness (QED) is 0.930. The number of halogens is 1. The van der Waals surface area contributed by atoms with E-state index in [-0.39, 0.29) is 18.4 Å². The Balaban J connectivity index is 1.88. The highest BCUT2D eigenvalue weighted by molar-refractivity contribution is 6.30. The zero-order chi connectivity index (χ0) is 15.2. The van der Waals surface area contributed by atoms with Gasteiger partial charge in [0.1, 0.15) is 0 Å². The SMILES string of the molecule is CCC1CCCCN1C(=O)CNC(=O)c1ccc(Cl)cc1. The maximum atomic E-state index is 12.2. The molecule has 1 saturated heterocycles. The van der Waals surface area contributed by atoms with Crippen molar-refractivity contribution in [3.63, 3.8) is 0 Å². The Morgan fingerprint density at radius 3 is 2.67 bits per heavy atom. The molecule has 4 nitrogen and oxygen atoms in total.